The van der Waals surface area contributed by atoms with Crippen molar-refractivity contribution in [3.05, 3.63) is 83.6 Å². The SMILES string of the molecule is Cc1cccc(C(=O)Nc2ccc(Nc3ccc(C(F)(F)F)cc3)nc2)c1. The average molecular weight is 371 g/mol. The minimum Gasteiger partial charge on any atom is -0.340 e. The third-order valence-electron chi connectivity index (χ3n) is 3.79. The predicted molar refractivity (Wildman–Crippen MR) is 98.1 cm³/mol. The number of nitrogens with one attached hydrogen (secondary N) is 2. The van der Waals surface area contributed by atoms with Crippen molar-refractivity contribution in [2.75, 3.05) is 10.6 Å². The van der Waals surface area contributed by atoms with Gasteiger partial charge in [0.15, 0.2) is 0 Å². The highest BCUT2D eigenvalue weighted by Crippen LogP contribution is 2.30. The van der Waals surface area contributed by atoms with Gasteiger partial charge in [-0.3, -0.25) is 4.79 Å². The molecule has 2 N–H and O–H groups in total. The highest BCUT2D eigenvalue weighted by Gasteiger charge is 2.29. The van der Waals surface area contributed by atoms with Gasteiger partial charge in [-0.2, -0.15) is 13.2 Å². The number of rotatable bonds is 4. The molecule has 2 aromatic carbocycles. The Hall–Kier alpha value is -3.35. The summed E-state index contributed by atoms with van der Waals surface area (Å²) in [6.45, 7) is 1.90. The third kappa shape index (κ3) is 4.84. The van der Waals surface area contributed by atoms with E-state index < -0.39 is 11.7 Å². The number of benzene rings is 2. The molecular weight excluding hydrogens is 355 g/mol. The van der Waals surface area contributed by atoms with Crippen molar-refractivity contribution >= 4 is 23.1 Å². The van der Waals surface area contributed by atoms with Gasteiger partial charge in [-0.15, -0.1) is 0 Å². The Morgan fingerprint density at radius 2 is 1.67 bits per heavy atom. The summed E-state index contributed by atoms with van der Waals surface area (Å²) < 4.78 is 37.7. The molecule has 27 heavy (non-hydrogen) atoms. The molecule has 0 bridgehead atoms. The van der Waals surface area contributed by atoms with E-state index >= 15 is 0 Å². The van der Waals surface area contributed by atoms with Crippen LogP contribution in [0, 0.1) is 6.92 Å². The molecule has 0 fully saturated rings. The predicted octanol–water partition coefficient (Wildman–Crippen LogP) is 5.40. The molecule has 0 atom stereocenters. The van der Waals surface area contributed by atoms with Gasteiger partial charge >= 0.3 is 6.18 Å². The molecule has 0 unspecified atom stereocenters. The Balaban J connectivity index is 1.64. The second kappa shape index (κ2) is 7.49. The largest absolute Gasteiger partial charge is 0.416 e. The number of aryl methyl sites for hydroxylation is 1. The summed E-state index contributed by atoms with van der Waals surface area (Å²) in [6.07, 6.45) is -2.89. The van der Waals surface area contributed by atoms with E-state index in [1.807, 2.05) is 13.0 Å². The minimum absolute atomic E-state index is 0.246. The molecule has 0 aliphatic carbocycles. The fraction of sp³-hybridized carbons (Fsp3) is 0.100. The Bertz CT molecular complexity index is 936. The number of carbonyl (C=O) groups excluding carboxylic acids is 1. The van der Waals surface area contributed by atoms with Crippen LogP contribution in [0.1, 0.15) is 21.5 Å². The summed E-state index contributed by atoms with van der Waals surface area (Å²) >= 11 is 0. The van der Waals surface area contributed by atoms with Crippen LogP contribution < -0.4 is 10.6 Å². The van der Waals surface area contributed by atoms with Gasteiger partial charge in [0.25, 0.3) is 5.91 Å². The molecular formula is C20H16F3N3O. The first-order valence-corrected chi connectivity index (χ1v) is 8.09. The summed E-state index contributed by atoms with van der Waals surface area (Å²) in [7, 11) is 0. The van der Waals surface area contributed by atoms with Gasteiger partial charge in [0, 0.05) is 11.3 Å². The molecule has 4 nitrogen and oxygen atoms in total. The van der Waals surface area contributed by atoms with E-state index in [2.05, 4.69) is 15.6 Å². The monoisotopic (exact) mass is 371 g/mol. The molecule has 7 heteroatoms. The molecule has 0 saturated heterocycles. The van der Waals surface area contributed by atoms with Gasteiger partial charge in [-0.25, -0.2) is 4.98 Å². The molecule has 0 saturated carbocycles. The van der Waals surface area contributed by atoms with Crippen LogP contribution >= 0.6 is 0 Å². The Morgan fingerprint density at radius 3 is 2.26 bits per heavy atom. The second-order valence-corrected chi connectivity index (χ2v) is 5.96. The van der Waals surface area contributed by atoms with Crippen LogP contribution in [-0.2, 0) is 6.18 Å². The van der Waals surface area contributed by atoms with Gasteiger partial charge < -0.3 is 10.6 Å². The highest BCUT2D eigenvalue weighted by atomic mass is 19.4. The summed E-state index contributed by atoms with van der Waals surface area (Å²) in [5.74, 6) is 0.201. The van der Waals surface area contributed by atoms with E-state index in [1.165, 1.54) is 18.3 Å². The van der Waals surface area contributed by atoms with Gasteiger partial charge in [0.1, 0.15) is 5.82 Å². The molecule has 0 aliphatic rings. The quantitative estimate of drug-likeness (QED) is 0.645. The summed E-state index contributed by atoms with van der Waals surface area (Å²) in [4.78, 5) is 16.4. The van der Waals surface area contributed by atoms with E-state index in [1.54, 1.807) is 30.3 Å². The van der Waals surface area contributed by atoms with Crippen molar-refractivity contribution in [3.8, 4) is 0 Å². The number of halogens is 3. The molecule has 1 aromatic heterocycles. The Morgan fingerprint density at radius 1 is 0.963 bits per heavy atom. The molecule has 3 aromatic rings. The van der Waals surface area contributed by atoms with Crippen molar-refractivity contribution in [1.29, 1.82) is 0 Å². The molecule has 0 aliphatic heterocycles. The van der Waals surface area contributed by atoms with Gasteiger partial charge in [-0.1, -0.05) is 17.7 Å². The zero-order chi connectivity index (χ0) is 19.4. The summed E-state index contributed by atoms with van der Waals surface area (Å²) in [5, 5.41) is 5.66. The third-order valence-corrected chi connectivity index (χ3v) is 3.79. The van der Waals surface area contributed by atoms with Crippen molar-refractivity contribution in [3.63, 3.8) is 0 Å². The van der Waals surface area contributed by atoms with Crippen LogP contribution in [0.4, 0.5) is 30.4 Å². The van der Waals surface area contributed by atoms with Gasteiger partial charge in [0.2, 0.25) is 0 Å². The first kappa shape index (κ1) is 18.4. The van der Waals surface area contributed by atoms with Crippen molar-refractivity contribution in [2.24, 2.45) is 0 Å². The van der Waals surface area contributed by atoms with Crippen LogP contribution in [0.3, 0.4) is 0 Å². The van der Waals surface area contributed by atoms with E-state index in [9.17, 15) is 18.0 Å². The van der Waals surface area contributed by atoms with Crippen LogP contribution in [0.15, 0.2) is 66.9 Å². The number of pyridine rings is 1. The lowest BCUT2D eigenvalue weighted by molar-refractivity contribution is -0.137. The van der Waals surface area contributed by atoms with E-state index in [0.29, 0.717) is 22.8 Å². The molecule has 1 amide bonds. The summed E-state index contributed by atoms with van der Waals surface area (Å²) in [5.41, 5.74) is 1.81. The molecule has 0 radical (unpaired) electrons. The molecule has 138 valence electrons. The maximum atomic E-state index is 12.6. The minimum atomic E-state index is -4.37. The fourth-order valence-corrected chi connectivity index (χ4v) is 2.42. The van der Waals surface area contributed by atoms with Crippen molar-refractivity contribution < 1.29 is 18.0 Å². The number of anilines is 3. The smallest absolute Gasteiger partial charge is 0.340 e. The number of hydrogen-bond acceptors (Lipinski definition) is 3. The van der Waals surface area contributed by atoms with Crippen LogP contribution in [0.5, 0.6) is 0 Å². The first-order chi connectivity index (χ1) is 12.8. The Labute approximate surface area is 154 Å². The van der Waals surface area contributed by atoms with E-state index in [4.69, 9.17) is 0 Å². The van der Waals surface area contributed by atoms with Gasteiger partial charge in [-0.05, 0) is 55.5 Å². The maximum Gasteiger partial charge on any atom is 0.416 e. The number of aromatic nitrogens is 1. The van der Waals surface area contributed by atoms with Crippen LogP contribution in [0.2, 0.25) is 0 Å². The van der Waals surface area contributed by atoms with Crippen LogP contribution in [-0.4, -0.2) is 10.9 Å². The number of hydrogen-bond donors (Lipinski definition) is 2. The van der Waals surface area contributed by atoms with Crippen molar-refractivity contribution in [2.45, 2.75) is 13.1 Å². The lowest BCUT2D eigenvalue weighted by Crippen LogP contribution is -2.12. The molecule has 0 spiro atoms. The number of alkyl halides is 3. The lowest BCUT2D eigenvalue weighted by Gasteiger charge is -2.10. The van der Waals surface area contributed by atoms with Crippen molar-refractivity contribution in [1.82, 2.24) is 4.98 Å². The zero-order valence-corrected chi connectivity index (χ0v) is 14.3. The second-order valence-electron chi connectivity index (χ2n) is 5.96. The first-order valence-electron chi connectivity index (χ1n) is 8.09. The standard InChI is InChI=1S/C20H16F3N3O/c1-13-3-2-4-14(11-13)19(27)26-17-9-10-18(24-12-17)25-16-7-5-15(6-8-16)20(21,22)23/h2-12H,1H3,(H,24,25)(H,26,27). The summed E-state index contributed by atoms with van der Waals surface area (Å²) in [6, 6.07) is 15.2. The molecule has 3 rings (SSSR count). The molecule has 1 heterocycles. The number of nitrogens with zero attached hydrogens (tertiary/aromatic N) is 1. The average Bonchev–Trinajstić information content (AvgIpc) is 2.63. The lowest BCUT2D eigenvalue weighted by atomic mass is 10.1. The van der Waals surface area contributed by atoms with Crippen LogP contribution in [0.25, 0.3) is 0 Å². The van der Waals surface area contributed by atoms with Gasteiger partial charge in [0.05, 0.1) is 17.4 Å². The fourth-order valence-electron chi connectivity index (χ4n) is 2.42. The van der Waals surface area contributed by atoms with E-state index in [-0.39, 0.29) is 5.91 Å². The zero-order valence-electron chi connectivity index (χ0n) is 14.3. The number of amides is 1. The Kier molecular flexibility index (Phi) is 5.12. The number of carbonyl (C=O) groups is 1. The normalized spacial score (nSPS) is 11.1. The maximum absolute atomic E-state index is 12.6. The van der Waals surface area contributed by atoms with E-state index in [0.717, 1.165) is 17.7 Å². The highest BCUT2D eigenvalue weighted by molar-refractivity contribution is 6.04. The topological polar surface area (TPSA) is 54.0 Å².